The summed E-state index contributed by atoms with van der Waals surface area (Å²) < 4.78 is 13.2. The summed E-state index contributed by atoms with van der Waals surface area (Å²) in [7, 11) is 0. The van der Waals surface area contributed by atoms with E-state index in [1.54, 1.807) is 13.0 Å². The lowest BCUT2D eigenvalue weighted by Gasteiger charge is -2.16. The van der Waals surface area contributed by atoms with Crippen LogP contribution in [0.5, 0.6) is 0 Å². The van der Waals surface area contributed by atoms with Crippen molar-refractivity contribution in [1.29, 1.82) is 0 Å². The molecular formula is C15H21ClFNO. The Hall–Kier alpha value is -1.09. The summed E-state index contributed by atoms with van der Waals surface area (Å²) in [6, 6.07) is 4.26. The Balaban J connectivity index is 2.61. The van der Waals surface area contributed by atoms with Gasteiger partial charge in [-0.3, -0.25) is 4.79 Å². The van der Waals surface area contributed by atoms with Crippen LogP contribution in [-0.2, 0) is 0 Å². The number of halogens is 2. The van der Waals surface area contributed by atoms with Gasteiger partial charge in [-0.2, -0.15) is 0 Å². The summed E-state index contributed by atoms with van der Waals surface area (Å²) in [5, 5.41) is 2.87. The van der Waals surface area contributed by atoms with Crippen molar-refractivity contribution in [2.45, 2.75) is 33.1 Å². The molecule has 0 fully saturated rings. The number of aryl methyl sites for hydroxylation is 1. The van der Waals surface area contributed by atoms with Crippen LogP contribution in [0.3, 0.4) is 0 Å². The quantitative estimate of drug-likeness (QED) is 0.756. The van der Waals surface area contributed by atoms with Gasteiger partial charge in [-0.25, -0.2) is 4.39 Å². The second-order valence-electron chi connectivity index (χ2n) is 4.80. The third kappa shape index (κ3) is 5.19. The van der Waals surface area contributed by atoms with Gasteiger partial charge in [-0.05, 0) is 43.4 Å². The van der Waals surface area contributed by atoms with Gasteiger partial charge >= 0.3 is 0 Å². The fraction of sp³-hybridized carbons (Fsp3) is 0.533. The Morgan fingerprint density at radius 3 is 2.79 bits per heavy atom. The van der Waals surface area contributed by atoms with Gasteiger partial charge in [0.05, 0.1) is 0 Å². The Labute approximate surface area is 119 Å². The van der Waals surface area contributed by atoms with Gasteiger partial charge in [0.1, 0.15) is 5.82 Å². The average Bonchev–Trinajstić information content (AvgIpc) is 2.39. The van der Waals surface area contributed by atoms with E-state index in [1.165, 1.54) is 12.1 Å². The van der Waals surface area contributed by atoms with Gasteiger partial charge in [-0.15, -0.1) is 11.6 Å². The minimum Gasteiger partial charge on any atom is -0.352 e. The molecule has 2 nitrogen and oxygen atoms in total. The zero-order valence-corrected chi connectivity index (χ0v) is 12.3. The molecule has 0 aliphatic rings. The molecule has 0 radical (unpaired) electrons. The SMILES string of the molecule is CCCC(CCCl)CNC(=O)c1cc(F)ccc1C. The van der Waals surface area contributed by atoms with E-state index in [9.17, 15) is 9.18 Å². The van der Waals surface area contributed by atoms with E-state index in [-0.39, 0.29) is 11.7 Å². The molecule has 0 saturated heterocycles. The van der Waals surface area contributed by atoms with Crippen LogP contribution in [0.2, 0.25) is 0 Å². The third-order valence-electron chi connectivity index (χ3n) is 3.21. The maximum atomic E-state index is 13.2. The summed E-state index contributed by atoms with van der Waals surface area (Å²) in [4.78, 5) is 12.0. The summed E-state index contributed by atoms with van der Waals surface area (Å²) in [5.41, 5.74) is 1.18. The summed E-state index contributed by atoms with van der Waals surface area (Å²) in [5.74, 6) is 0.383. The molecule has 1 atom stereocenters. The van der Waals surface area contributed by atoms with Gasteiger partial charge in [0.25, 0.3) is 5.91 Å². The predicted molar refractivity (Wildman–Crippen MR) is 77.2 cm³/mol. The van der Waals surface area contributed by atoms with Gasteiger partial charge in [-0.1, -0.05) is 19.4 Å². The van der Waals surface area contributed by atoms with Crippen molar-refractivity contribution in [3.8, 4) is 0 Å². The van der Waals surface area contributed by atoms with Crippen molar-refractivity contribution in [3.63, 3.8) is 0 Å². The first-order valence-electron chi connectivity index (χ1n) is 6.68. The number of carbonyl (C=O) groups is 1. The molecule has 19 heavy (non-hydrogen) atoms. The highest BCUT2D eigenvalue weighted by atomic mass is 35.5. The van der Waals surface area contributed by atoms with Crippen molar-refractivity contribution >= 4 is 17.5 Å². The van der Waals surface area contributed by atoms with Crippen molar-refractivity contribution in [2.24, 2.45) is 5.92 Å². The van der Waals surface area contributed by atoms with E-state index in [4.69, 9.17) is 11.6 Å². The molecule has 0 bridgehead atoms. The molecule has 4 heteroatoms. The second kappa shape index (κ2) is 8.16. The molecule has 0 aliphatic carbocycles. The molecule has 1 rings (SSSR count). The molecule has 0 spiro atoms. The van der Waals surface area contributed by atoms with Gasteiger partial charge in [0.2, 0.25) is 0 Å². The first kappa shape index (κ1) is 16.0. The maximum Gasteiger partial charge on any atom is 0.251 e. The van der Waals surface area contributed by atoms with Crippen LogP contribution in [0.15, 0.2) is 18.2 Å². The van der Waals surface area contributed by atoms with Crippen molar-refractivity contribution in [1.82, 2.24) is 5.32 Å². The number of alkyl halides is 1. The van der Waals surface area contributed by atoms with Crippen molar-refractivity contribution in [2.75, 3.05) is 12.4 Å². The summed E-state index contributed by atoms with van der Waals surface area (Å²) >= 11 is 5.75. The number of hydrogen-bond donors (Lipinski definition) is 1. The molecule has 106 valence electrons. The molecule has 0 aliphatic heterocycles. The molecule has 1 aromatic rings. The number of rotatable bonds is 7. The summed E-state index contributed by atoms with van der Waals surface area (Å²) in [6.07, 6.45) is 2.99. The van der Waals surface area contributed by atoms with Crippen LogP contribution < -0.4 is 5.32 Å². The molecule has 1 unspecified atom stereocenters. The topological polar surface area (TPSA) is 29.1 Å². The van der Waals surface area contributed by atoms with Crippen LogP contribution in [0.4, 0.5) is 4.39 Å². The molecule has 1 N–H and O–H groups in total. The van der Waals surface area contributed by atoms with E-state index < -0.39 is 0 Å². The number of carbonyl (C=O) groups excluding carboxylic acids is 1. The zero-order chi connectivity index (χ0) is 14.3. The minimum atomic E-state index is -0.387. The maximum absolute atomic E-state index is 13.2. The van der Waals surface area contributed by atoms with E-state index in [0.717, 1.165) is 24.8 Å². The van der Waals surface area contributed by atoms with Crippen LogP contribution in [0, 0.1) is 18.7 Å². The van der Waals surface area contributed by atoms with E-state index in [1.807, 2.05) is 0 Å². The lowest BCUT2D eigenvalue weighted by molar-refractivity contribution is 0.0945. The molecular weight excluding hydrogens is 265 g/mol. The van der Waals surface area contributed by atoms with E-state index in [2.05, 4.69) is 12.2 Å². The minimum absolute atomic E-state index is 0.215. The highest BCUT2D eigenvalue weighted by Gasteiger charge is 2.13. The highest BCUT2D eigenvalue weighted by Crippen LogP contribution is 2.13. The molecule has 1 aromatic carbocycles. The smallest absolute Gasteiger partial charge is 0.251 e. The molecule has 1 amide bonds. The average molecular weight is 286 g/mol. The number of nitrogens with one attached hydrogen (secondary N) is 1. The van der Waals surface area contributed by atoms with Crippen molar-refractivity contribution in [3.05, 3.63) is 35.1 Å². The highest BCUT2D eigenvalue weighted by molar-refractivity contribution is 6.17. The second-order valence-corrected chi connectivity index (χ2v) is 5.18. The molecule has 0 saturated carbocycles. The number of amides is 1. The monoisotopic (exact) mass is 285 g/mol. The Morgan fingerprint density at radius 2 is 2.16 bits per heavy atom. The third-order valence-corrected chi connectivity index (χ3v) is 3.43. The predicted octanol–water partition coefficient (Wildman–Crippen LogP) is 3.91. The van der Waals surface area contributed by atoms with Crippen LogP contribution in [0.25, 0.3) is 0 Å². The summed E-state index contributed by atoms with van der Waals surface area (Å²) in [6.45, 7) is 4.51. The van der Waals surface area contributed by atoms with Crippen LogP contribution >= 0.6 is 11.6 Å². The zero-order valence-electron chi connectivity index (χ0n) is 11.5. The fourth-order valence-corrected chi connectivity index (χ4v) is 2.39. The Kier molecular flexibility index (Phi) is 6.85. The van der Waals surface area contributed by atoms with Gasteiger partial charge in [0, 0.05) is 18.0 Å². The largest absolute Gasteiger partial charge is 0.352 e. The Morgan fingerprint density at radius 1 is 1.42 bits per heavy atom. The van der Waals surface area contributed by atoms with Gasteiger partial charge < -0.3 is 5.32 Å². The first-order valence-corrected chi connectivity index (χ1v) is 7.22. The van der Waals surface area contributed by atoms with Crippen LogP contribution in [0.1, 0.15) is 42.1 Å². The lowest BCUT2D eigenvalue weighted by atomic mass is 10.0. The van der Waals surface area contributed by atoms with Crippen LogP contribution in [-0.4, -0.2) is 18.3 Å². The van der Waals surface area contributed by atoms with Crippen molar-refractivity contribution < 1.29 is 9.18 Å². The number of benzene rings is 1. The number of hydrogen-bond acceptors (Lipinski definition) is 1. The van der Waals surface area contributed by atoms with Gasteiger partial charge in [0.15, 0.2) is 0 Å². The normalized spacial score (nSPS) is 12.2. The molecule has 0 heterocycles. The fourth-order valence-electron chi connectivity index (χ4n) is 2.08. The standard InChI is InChI=1S/C15H21ClFNO/c1-3-4-12(7-8-16)10-18-15(19)14-9-13(17)6-5-11(14)2/h5-6,9,12H,3-4,7-8,10H2,1-2H3,(H,18,19). The van der Waals surface area contributed by atoms with E-state index >= 15 is 0 Å². The first-order chi connectivity index (χ1) is 9.08. The molecule has 0 aromatic heterocycles. The Bertz CT molecular complexity index is 417. The van der Waals surface area contributed by atoms with E-state index in [0.29, 0.717) is 23.9 Å². The lowest BCUT2D eigenvalue weighted by Crippen LogP contribution is -2.30.